The summed E-state index contributed by atoms with van der Waals surface area (Å²) in [4.78, 5) is 12.2. The lowest BCUT2D eigenvalue weighted by molar-refractivity contribution is -0.120. The van der Waals surface area contributed by atoms with Crippen LogP contribution in [0.2, 0.25) is 0 Å². The van der Waals surface area contributed by atoms with Crippen LogP contribution in [0.15, 0.2) is 0 Å². The van der Waals surface area contributed by atoms with Crippen molar-refractivity contribution in [1.29, 1.82) is 0 Å². The Morgan fingerprint density at radius 3 is 2.78 bits per heavy atom. The van der Waals surface area contributed by atoms with E-state index in [1.165, 1.54) is 19.3 Å². The highest BCUT2D eigenvalue weighted by molar-refractivity contribution is 5.47. The fraction of sp³-hybridized carbons (Fsp3) is 0.857. The van der Waals surface area contributed by atoms with Crippen LogP contribution in [0.5, 0.6) is 0 Å². The van der Waals surface area contributed by atoms with E-state index in [0.717, 1.165) is 13.0 Å². The highest BCUT2D eigenvalue weighted by atomic mass is 16.1. The molecule has 1 rings (SSSR count). The Hall–Kier alpha value is -0.530. The molecule has 2 heteroatoms. The lowest BCUT2D eigenvalue weighted by atomic mass is 10.1. The van der Waals surface area contributed by atoms with E-state index < -0.39 is 0 Å². The van der Waals surface area contributed by atoms with Crippen molar-refractivity contribution in [3.05, 3.63) is 0 Å². The summed E-state index contributed by atoms with van der Waals surface area (Å²) in [6.45, 7) is 3.07. The van der Waals surface area contributed by atoms with Crippen molar-refractivity contribution < 1.29 is 4.79 Å². The minimum atomic E-state index is 0.483. The predicted octanol–water partition coefficient (Wildman–Crippen LogP) is 1.02. The maximum atomic E-state index is 10.3. The Morgan fingerprint density at radius 1 is 1.56 bits per heavy atom. The van der Waals surface area contributed by atoms with E-state index in [1.807, 2.05) is 4.90 Å². The van der Waals surface area contributed by atoms with E-state index in [-0.39, 0.29) is 0 Å². The van der Waals surface area contributed by atoms with Crippen LogP contribution >= 0.6 is 0 Å². The van der Waals surface area contributed by atoms with Gasteiger partial charge in [-0.15, -0.1) is 0 Å². The molecule has 1 heterocycles. The molecular weight excluding hydrogens is 114 g/mol. The summed E-state index contributed by atoms with van der Waals surface area (Å²) in [5, 5.41) is 0. The SMILES string of the molecule is C[C@H]1CCCCN1C=O. The van der Waals surface area contributed by atoms with Crippen LogP contribution in [0.1, 0.15) is 26.2 Å². The van der Waals surface area contributed by atoms with Crippen molar-refractivity contribution in [2.75, 3.05) is 6.54 Å². The monoisotopic (exact) mass is 127 g/mol. The summed E-state index contributed by atoms with van der Waals surface area (Å²) in [6, 6.07) is 0.483. The fourth-order valence-corrected chi connectivity index (χ4v) is 1.28. The zero-order valence-corrected chi connectivity index (χ0v) is 5.84. The van der Waals surface area contributed by atoms with E-state index in [4.69, 9.17) is 0 Å². The second kappa shape index (κ2) is 2.85. The van der Waals surface area contributed by atoms with E-state index in [2.05, 4.69) is 6.92 Å². The van der Waals surface area contributed by atoms with Gasteiger partial charge in [0, 0.05) is 12.6 Å². The molecule has 0 aromatic rings. The molecule has 0 aromatic carbocycles. The molecule has 1 amide bonds. The molecule has 1 fully saturated rings. The number of hydrogen-bond acceptors (Lipinski definition) is 1. The highest BCUT2D eigenvalue weighted by Gasteiger charge is 2.14. The zero-order chi connectivity index (χ0) is 6.69. The number of likely N-dealkylation sites (tertiary alicyclic amines) is 1. The van der Waals surface area contributed by atoms with Crippen molar-refractivity contribution >= 4 is 6.41 Å². The molecule has 2 nitrogen and oxygen atoms in total. The van der Waals surface area contributed by atoms with E-state index in [9.17, 15) is 4.79 Å². The van der Waals surface area contributed by atoms with Gasteiger partial charge < -0.3 is 4.90 Å². The topological polar surface area (TPSA) is 20.3 Å². The van der Waals surface area contributed by atoms with Crippen LogP contribution in [0.3, 0.4) is 0 Å². The maximum absolute atomic E-state index is 10.3. The van der Waals surface area contributed by atoms with Crippen LogP contribution in [0.4, 0.5) is 0 Å². The average Bonchev–Trinajstić information content (AvgIpc) is 1.89. The van der Waals surface area contributed by atoms with Gasteiger partial charge >= 0.3 is 0 Å². The molecule has 52 valence electrons. The van der Waals surface area contributed by atoms with Crippen molar-refractivity contribution in [2.24, 2.45) is 0 Å². The predicted molar refractivity (Wildman–Crippen MR) is 36.1 cm³/mol. The molecule has 0 radical (unpaired) electrons. The molecule has 0 N–H and O–H groups in total. The molecule has 0 unspecified atom stereocenters. The van der Waals surface area contributed by atoms with E-state index >= 15 is 0 Å². The number of hydrogen-bond donors (Lipinski definition) is 0. The number of piperidine rings is 1. The van der Waals surface area contributed by atoms with E-state index in [0.29, 0.717) is 6.04 Å². The van der Waals surface area contributed by atoms with Crippen molar-refractivity contribution in [3.63, 3.8) is 0 Å². The third kappa shape index (κ3) is 1.44. The molecule has 0 saturated carbocycles. The minimum absolute atomic E-state index is 0.483. The number of nitrogens with zero attached hydrogens (tertiary/aromatic N) is 1. The Bertz CT molecular complexity index is 103. The lowest BCUT2D eigenvalue weighted by Gasteiger charge is -2.29. The quantitative estimate of drug-likeness (QED) is 0.481. The van der Waals surface area contributed by atoms with Gasteiger partial charge in [-0.2, -0.15) is 0 Å². The van der Waals surface area contributed by atoms with Crippen molar-refractivity contribution in [1.82, 2.24) is 4.90 Å². The third-order valence-corrected chi connectivity index (χ3v) is 1.99. The second-order valence-electron chi connectivity index (χ2n) is 2.69. The molecule has 0 aliphatic carbocycles. The third-order valence-electron chi connectivity index (χ3n) is 1.99. The van der Waals surface area contributed by atoms with Gasteiger partial charge in [0.2, 0.25) is 6.41 Å². The molecule has 1 aliphatic rings. The number of amides is 1. The molecular formula is C7H13NO. The number of carbonyl (C=O) groups excluding carboxylic acids is 1. The number of carbonyl (C=O) groups is 1. The first-order valence-electron chi connectivity index (χ1n) is 3.55. The lowest BCUT2D eigenvalue weighted by Crippen LogP contribution is -2.35. The average molecular weight is 127 g/mol. The van der Waals surface area contributed by atoms with Crippen LogP contribution in [-0.4, -0.2) is 23.9 Å². The Kier molecular flexibility index (Phi) is 2.09. The van der Waals surface area contributed by atoms with Crippen LogP contribution in [0, 0.1) is 0 Å². The highest BCUT2D eigenvalue weighted by Crippen LogP contribution is 2.13. The molecule has 0 spiro atoms. The summed E-state index contributed by atoms with van der Waals surface area (Å²) < 4.78 is 0. The Balaban J connectivity index is 2.38. The molecule has 0 aromatic heterocycles. The van der Waals surface area contributed by atoms with Crippen molar-refractivity contribution in [2.45, 2.75) is 32.2 Å². The Morgan fingerprint density at radius 2 is 2.33 bits per heavy atom. The first-order chi connectivity index (χ1) is 4.34. The van der Waals surface area contributed by atoms with Crippen molar-refractivity contribution in [3.8, 4) is 0 Å². The standard InChI is InChI=1S/C7H13NO/c1-7-4-2-3-5-8(7)6-9/h6-7H,2-5H2,1H3/t7-/m0/s1. The van der Waals surface area contributed by atoms with Gasteiger partial charge in [-0.1, -0.05) is 0 Å². The van der Waals surface area contributed by atoms with Gasteiger partial charge in [0.15, 0.2) is 0 Å². The molecule has 1 saturated heterocycles. The fourth-order valence-electron chi connectivity index (χ4n) is 1.28. The number of rotatable bonds is 1. The molecule has 0 bridgehead atoms. The summed E-state index contributed by atoms with van der Waals surface area (Å²) in [5.41, 5.74) is 0. The first kappa shape index (κ1) is 6.59. The summed E-state index contributed by atoms with van der Waals surface area (Å²) in [5.74, 6) is 0. The van der Waals surface area contributed by atoms with Crippen LogP contribution in [0.25, 0.3) is 0 Å². The Labute approximate surface area is 55.8 Å². The molecule has 1 aliphatic heterocycles. The first-order valence-corrected chi connectivity index (χ1v) is 3.55. The summed E-state index contributed by atoms with van der Waals surface area (Å²) in [6.07, 6.45) is 4.61. The minimum Gasteiger partial charge on any atom is -0.343 e. The van der Waals surface area contributed by atoms with E-state index in [1.54, 1.807) is 0 Å². The maximum Gasteiger partial charge on any atom is 0.209 e. The van der Waals surface area contributed by atoms with Gasteiger partial charge in [-0.25, -0.2) is 0 Å². The van der Waals surface area contributed by atoms with Gasteiger partial charge in [0.05, 0.1) is 0 Å². The molecule has 1 atom stereocenters. The molecule has 9 heavy (non-hydrogen) atoms. The zero-order valence-electron chi connectivity index (χ0n) is 5.84. The second-order valence-corrected chi connectivity index (χ2v) is 2.69. The summed E-state index contributed by atoms with van der Waals surface area (Å²) >= 11 is 0. The smallest absolute Gasteiger partial charge is 0.209 e. The summed E-state index contributed by atoms with van der Waals surface area (Å²) in [7, 11) is 0. The van der Waals surface area contributed by atoms with Gasteiger partial charge in [-0.05, 0) is 26.2 Å². The normalized spacial score (nSPS) is 28.1. The van der Waals surface area contributed by atoms with Crippen LogP contribution in [-0.2, 0) is 4.79 Å². The largest absolute Gasteiger partial charge is 0.343 e. The van der Waals surface area contributed by atoms with Gasteiger partial charge in [0.1, 0.15) is 0 Å². The van der Waals surface area contributed by atoms with Crippen LogP contribution < -0.4 is 0 Å². The van der Waals surface area contributed by atoms with Gasteiger partial charge in [0.25, 0.3) is 0 Å². The van der Waals surface area contributed by atoms with Gasteiger partial charge in [-0.3, -0.25) is 4.79 Å².